The van der Waals surface area contributed by atoms with E-state index in [0.717, 1.165) is 4.88 Å². The van der Waals surface area contributed by atoms with Crippen LogP contribution < -0.4 is 5.32 Å². The Bertz CT molecular complexity index is 849. The summed E-state index contributed by atoms with van der Waals surface area (Å²) in [5.41, 5.74) is 0.724. The van der Waals surface area contributed by atoms with E-state index in [1.165, 1.54) is 29.8 Å². The van der Waals surface area contributed by atoms with Gasteiger partial charge in [-0.15, -0.1) is 22.7 Å². The van der Waals surface area contributed by atoms with Crippen molar-refractivity contribution in [2.24, 2.45) is 0 Å². The molecule has 3 heterocycles. The Morgan fingerprint density at radius 1 is 1.35 bits per heavy atom. The number of nitrogens with one attached hydrogen (secondary N) is 1. The van der Waals surface area contributed by atoms with Crippen molar-refractivity contribution in [1.29, 1.82) is 0 Å². The number of hydrogen-bond acceptors (Lipinski definition) is 7. The van der Waals surface area contributed by atoms with Crippen molar-refractivity contribution in [1.82, 2.24) is 4.98 Å². The molecular weight excluding hydrogens is 336 g/mol. The molecule has 0 saturated carbocycles. The van der Waals surface area contributed by atoms with Gasteiger partial charge in [-0.05, 0) is 30.5 Å². The van der Waals surface area contributed by atoms with Gasteiger partial charge in [-0.25, -0.2) is 9.78 Å². The van der Waals surface area contributed by atoms with Gasteiger partial charge in [0.25, 0.3) is 5.91 Å². The number of carbonyl (C=O) groups is 2. The van der Waals surface area contributed by atoms with Crippen LogP contribution in [0.1, 0.15) is 25.0 Å². The van der Waals surface area contributed by atoms with Gasteiger partial charge in [0.05, 0.1) is 19.1 Å². The van der Waals surface area contributed by atoms with Gasteiger partial charge in [0, 0.05) is 4.88 Å². The fourth-order valence-electron chi connectivity index (χ4n) is 1.95. The van der Waals surface area contributed by atoms with E-state index < -0.39 is 5.97 Å². The van der Waals surface area contributed by atoms with Crippen molar-refractivity contribution < 1.29 is 18.7 Å². The third-order valence-electron chi connectivity index (χ3n) is 3.03. The number of rotatable bonds is 4. The van der Waals surface area contributed by atoms with Crippen LogP contribution in [0.2, 0.25) is 0 Å². The summed E-state index contributed by atoms with van der Waals surface area (Å²) in [5, 5.41) is 5.05. The molecule has 0 aliphatic heterocycles. The zero-order chi connectivity index (χ0) is 16.4. The summed E-state index contributed by atoms with van der Waals surface area (Å²) in [6.45, 7) is 1.81. The number of furan rings is 1. The van der Waals surface area contributed by atoms with E-state index in [2.05, 4.69) is 10.3 Å². The highest BCUT2D eigenvalue weighted by atomic mass is 32.1. The predicted octanol–water partition coefficient (Wildman–Crippen LogP) is 3.81. The molecule has 1 N–H and O–H groups in total. The van der Waals surface area contributed by atoms with Crippen LogP contribution in [0, 0.1) is 6.92 Å². The molecule has 0 saturated heterocycles. The zero-order valence-electron chi connectivity index (χ0n) is 12.3. The predicted molar refractivity (Wildman–Crippen MR) is 88.2 cm³/mol. The molecule has 0 spiro atoms. The number of hydrogen-bond donors (Lipinski definition) is 1. The fourth-order valence-corrected chi connectivity index (χ4v) is 3.60. The van der Waals surface area contributed by atoms with E-state index in [0.29, 0.717) is 27.0 Å². The van der Waals surface area contributed by atoms with Crippen LogP contribution >= 0.6 is 22.7 Å². The average molecular weight is 348 g/mol. The standard InChI is InChI=1S/C15H12N2O4S2/c1-8-11(17-14(23-8)10-4-3-6-21-10)13(18)16-9-5-7-22-12(9)15(19)20-2/h3-7H,1-2H3,(H,16,18). The minimum Gasteiger partial charge on any atom is -0.465 e. The molecule has 3 aromatic heterocycles. The van der Waals surface area contributed by atoms with Gasteiger partial charge < -0.3 is 14.5 Å². The number of methoxy groups -OCH3 is 1. The average Bonchev–Trinajstić information content (AvgIpc) is 3.25. The molecule has 0 fully saturated rings. The first kappa shape index (κ1) is 15.4. The number of thiazole rings is 1. The second-order valence-corrected chi connectivity index (χ2v) is 6.63. The molecule has 3 rings (SSSR count). The number of thiophene rings is 1. The molecule has 0 bridgehead atoms. The lowest BCUT2D eigenvalue weighted by atomic mass is 10.3. The summed E-state index contributed by atoms with van der Waals surface area (Å²) in [5.74, 6) is -0.246. The number of nitrogens with zero attached hydrogens (tertiary/aromatic N) is 1. The Balaban J connectivity index is 1.85. The molecule has 0 radical (unpaired) electrons. The number of anilines is 1. The van der Waals surface area contributed by atoms with E-state index in [9.17, 15) is 9.59 Å². The summed E-state index contributed by atoms with van der Waals surface area (Å²) in [6, 6.07) is 5.21. The monoisotopic (exact) mass is 348 g/mol. The van der Waals surface area contributed by atoms with Crippen LogP contribution in [0.3, 0.4) is 0 Å². The van der Waals surface area contributed by atoms with Crippen LogP contribution in [0.4, 0.5) is 5.69 Å². The molecule has 0 unspecified atom stereocenters. The minimum atomic E-state index is -0.485. The highest BCUT2D eigenvalue weighted by Gasteiger charge is 2.21. The second-order valence-electron chi connectivity index (χ2n) is 4.51. The molecule has 0 atom stereocenters. The van der Waals surface area contributed by atoms with Gasteiger partial charge in [0.1, 0.15) is 10.6 Å². The molecule has 0 aliphatic carbocycles. The normalized spacial score (nSPS) is 10.5. The summed E-state index contributed by atoms with van der Waals surface area (Å²) in [7, 11) is 1.30. The van der Waals surface area contributed by atoms with Crippen LogP contribution in [0.15, 0.2) is 34.3 Å². The first-order valence-electron chi connectivity index (χ1n) is 6.58. The number of carbonyl (C=O) groups excluding carboxylic acids is 2. The molecule has 8 heteroatoms. The number of ether oxygens (including phenoxy) is 1. The summed E-state index contributed by atoms with van der Waals surface area (Å²) < 4.78 is 9.99. The van der Waals surface area contributed by atoms with Crippen LogP contribution in [0.5, 0.6) is 0 Å². The molecule has 6 nitrogen and oxygen atoms in total. The Labute approximate surface area is 139 Å². The van der Waals surface area contributed by atoms with Gasteiger partial charge >= 0.3 is 5.97 Å². The molecule has 3 aromatic rings. The van der Waals surface area contributed by atoms with Gasteiger partial charge in [-0.1, -0.05) is 0 Å². The highest BCUT2D eigenvalue weighted by Crippen LogP contribution is 2.29. The fraction of sp³-hybridized carbons (Fsp3) is 0.133. The molecule has 0 aromatic carbocycles. The maximum Gasteiger partial charge on any atom is 0.350 e. The number of aryl methyl sites for hydroxylation is 1. The maximum atomic E-state index is 12.4. The number of esters is 1. The third kappa shape index (κ3) is 3.03. The van der Waals surface area contributed by atoms with Crippen molar-refractivity contribution >= 4 is 40.2 Å². The minimum absolute atomic E-state index is 0.309. The lowest BCUT2D eigenvalue weighted by Crippen LogP contribution is -2.15. The number of aromatic nitrogens is 1. The lowest BCUT2D eigenvalue weighted by molar-refractivity contribution is 0.0607. The summed E-state index contributed by atoms with van der Waals surface area (Å²) >= 11 is 2.58. The molecule has 23 heavy (non-hydrogen) atoms. The Morgan fingerprint density at radius 3 is 2.87 bits per heavy atom. The van der Waals surface area contributed by atoms with Crippen LogP contribution in [-0.4, -0.2) is 24.0 Å². The van der Waals surface area contributed by atoms with Crippen LogP contribution in [-0.2, 0) is 4.74 Å². The molecular formula is C15H12N2O4S2. The Morgan fingerprint density at radius 2 is 2.17 bits per heavy atom. The van der Waals surface area contributed by atoms with Crippen molar-refractivity contribution in [2.75, 3.05) is 12.4 Å². The topological polar surface area (TPSA) is 81.4 Å². The van der Waals surface area contributed by atoms with Gasteiger partial charge in [0.15, 0.2) is 10.8 Å². The second kappa shape index (κ2) is 6.35. The molecule has 1 amide bonds. The van der Waals surface area contributed by atoms with Gasteiger partial charge in [-0.2, -0.15) is 0 Å². The largest absolute Gasteiger partial charge is 0.465 e. The molecule has 0 aliphatic rings. The van der Waals surface area contributed by atoms with Gasteiger partial charge in [0.2, 0.25) is 0 Å². The molecule has 118 valence electrons. The first-order valence-corrected chi connectivity index (χ1v) is 8.28. The maximum absolute atomic E-state index is 12.4. The lowest BCUT2D eigenvalue weighted by Gasteiger charge is -2.04. The summed E-state index contributed by atoms with van der Waals surface area (Å²) in [4.78, 5) is 29.5. The zero-order valence-corrected chi connectivity index (χ0v) is 13.9. The Hall–Kier alpha value is -2.45. The SMILES string of the molecule is COC(=O)c1sccc1NC(=O)c1nc(-c2ccco2)sc1C. The van der Waals surface area contributed by atoms with E-state index in [4.69, 9.17) is 9.15 Å². The van der Waals surface area contributed by atoms with E-state index >= 15 is 0 Å². The summed E-state index contributed by atoms with van der Waals surface area (Å²) in [6.07, 6.45) is 1.56. The van der Waals surface area contributed by atoms with Crippen molar-refractivity contribution in [3.63, 3.8) is 0 Å². The van der Waals surface area contributed by atoms with Crippen LogP contribution in [0.25, 0.3) is 10.8 Å². The highest BCUT2D eigenvalue weighted by molar-refractivity contribution is 7.15. The first-order chi connectivity index (χ1) is 11.1. The van der Waals surface area contributed by atoms with Crippen molar-refractivity contribution in [2.45, 2.75) is 6.92 Å². The third-order valence-corrected chi connectivity index (χ3v) is 4.91. The Kier molecular flexibility index (Phi) is 4.26. The smallest absolute Gasteiger partial charge is 0.350 e. The van der Waals surface area contributed by atoms with E-state index in [1.54, 1.807) is 29.8 Å². The van der Waals surface area contributed by atoms with E-state index in [1.807, 2.05) is 6.92 Å². The number of amides is 1. The van der Waals surface area contributed by atoms with Crippen molar-refractivity contribution in [3.05, 3.63) is 45.3 Å². The van der Waals surface area contributed by atoms with Gasteiger partial charge in [-0.3, -0.25) is 4.79 Å². The quantitative estimate of drug-likeness (QED) is 0.725. The van der Waals surface area contributed by atoms with E-state index in [-0.39, 0.29) is 5.91 Å². The van der Waals surface area contributed by atoms with Crippen molar-refractivity contribution in [3.8, 4) is 10.8 Å².